The minimum atomic E-state index is -0.619. The fourth-order valence-electron chi connectivity index (χ4n) is 10.8. The molecule has 5 aliphatic rings. The number of carbonyl (C=O) groups is 5. The summed E-state index contributed by atoms with van der Waals surface area (Å²) in [6.45, 7) is 11.8. The van der Waals surface area contributed by atoms with Gasteiger partial charge in [0.1, 0.15) is 19.0 Å². The maximum Gasteiger partial charge on any atom is 0.333 e. The first kappa shape index (κ1) is 54.9. The first-order valence-electron chi connectivity index (χ1n) is 27.2. The van der Waals surface area contributed by atoms with Crippen LogP contribution in [0.4, 0.5) is 22.7 Å². The molecule has 0 saturated carbocycles. The van der Waals surface area contributed by atoms with Crippen LogP contribution in [0.3, 0.4) is 0 Å². The SMILES string of the molecule is CCCOCCOCCN(CC(C)(C)SCCCC(=O)ON1C(=O)CCC1=O)c1cc(COc2cc3c(cc2C)C(=O)N2c4ccccc4C[C@H]2C=N3)cc(COc2cc3c(cc2OC)C(=O)N2c4ccccc4C[C@H]2C=C3)c1. The van der Waals surface area contributed by atoms with Gasteiger partial charge in [0, 0.05) is 79.5 Å². The Morgan fingerprint density at radius 1 is 0.747 bits per heavy atom. The molecule has 0 unspecified atom stereocenters. The normalized spacial score (nSPS) is 16.9. The minimum absolute atomic E-state index is 0.0395. The third kappa shape index (κ3) is 12.4. The monoisotopic (exact) mass is 1090 g/mol. The highest BCUT2D eigenvalue weighted by atomic mass is 32.2. The Hall–Kier alpha value is -7.47. The summed E-state index contributed by atoms with van der Waals surface area (Å²) in [5.74, 6) is 0.323. The molecule has 1 fully saturated rings. The van der Waals surface area contributed by atoms with Crippen molar-refractivity contribution in [3.63, 3.8) is 0 Å². The van der Waals surface area contributed by atoms with E-state index in [0.29, 0.717) is 97.2 Å². The fourth-order valence-corrected chi connectivity index (χ4v) is 11.9. The zero-order valence-electron chi connectivity index (χ0n) is 45.5. The molecule has 0 bridgehead atoms. The average Bonchev–Trinajstić information content (AvgIpc) is 4.15. The molecule has 79 heavy (non-hydrogen) atoms. The molecule has 17 heteroatoms. The summed E-state index contributed by atoms with van der Waals surface area (Å²) in [4.78, 5) is 81.2. The van der Waals surface area contributed by atoms with E-state index in [1.807, 2.05) is 83.6 Å². The van der Waals surface area contributed by atoms with Crippen molar-refractivity contribution in [2.45, 2.75) is 103 Å². The number of carbonyl (C=O) groups excluding carboxylic acids is 5. The average molecular weight is 1090 g/mol. The van der Waals surface area contributed by atoms with Crippen LogP contribution in [0, 0.1) is 6.92 Å². The van der Waals surface area contributed by atoms with E-state index in [0.717, 1.165) is 63.3 Å². The summed E-state index contributed by atoms with van der Waals surface area (Å²) >= 11 is 1.71. The molecule has 4 amide bonds. The number of fused-ring (bicyclic) bond motifs is 8. The number of aliphatic imine (C=N–C) groups is 1. The number of imide groups is 1. The molecule has 5 aliphatic heterocycles. The Morgan fingerprint density at radius 2 is 1.39 bits per heavy atom. The van der Waals surface area contributed by atoms with Gasteiger partial charge in [-0.1, -0.05) is 55.5 Å². The lowest BCUT2D eigenvalue weighted by molar-refractivity contribution is -0.197. The number of ether oxygens (including phenoxy) is 5. The second-order valence-electron chi connectivity index (χ2n) is 21.0. The lowest BCUT2D eigenvalue weighted by Crippen LogP contribution is -2.39. The van der Waals surface area contributed by atoms with Crippen LogP contribution in [0.1, 0.15) is 107 Å². The van der Waals surface area contributed by atoms with E-state index in [-0.39, 0.29) is 61.1 Å². The molecule has 2 atom stereocenters. The molecular formula is C62H67N5O11S. The van der Waals surface area contributed by atoms with Crippen LogP contribution in [0.25, 0.3) is 6.08 Å². The van der Waals surface area contributed by atoms with E-state index in [9.17, 15) is 24.0 Å². The molecule has 5 aromatic rings. The highest BCUT2D eigenvalue weighted by molar-refractivity contribution is 8.00. The summed E-state index contributed by atoms with van der Waals surface area (Å²) in [6, 6.07) is 29.4. The quantitative estimate of drug-likeness (QED) is 0.0424. The number of hydroxylamine groups is 2. The van der Waals surface area contributed by atoms with Gasteiger partial charge in [-0.15, -0.1) is 5.06 Å². The van der Waals surface area contributed by atoms with Crippen molar-refractivity contribution in [3.05, 3.63) is 142 Å². The van der Waals surface area contributed by atoms with E-state index in [4.69, 9.17) is 33.5 Å². The molecule has 0 aliphatic carbocycles. The highest BCUT2D eigenvalue weighted by Crippen LogP contribution is 2.42. The van der Waals surface area contributed by atoms with E-state index < -0.39 is 17.8 Å². The Morgan fingerprint density at radius 3 is 2.09 bits per heavy atom. The molecule has 1 saturated heterocycles. The van der Waals surface area contributed by atoms with Crippen LogP contribution in [0.5, 0.6) is 17.2 Å². The molecule has 0 spiro atoms. The predicted molar refractivity (Wildman–Crippen MR) is 305 cm³/mol. The molecule has 16 nitrogen and oxygen atoms in total. The Balaban J connectivity index is 0.914. The zero-order chi connectivity index (χ0) is 55.2. The number of thioether (sulfide) groups is 1. The smallest absolute Gasteiger partial charge is 0.333 e. The highest BCUT2D eigenvalue weighted by Gasteiger charge is 2.38. The summed E-state index contributed by atoms with van der Waals surface area (Å²) in [5.41, 5.74) is 9.84. The molecular weight excluding hydrogens is 1020 g/mol. The number of anilines is 3. The number of aryl methyl sites for hydroxylation is 1. The van der Waals surface area contributed by atoms with E-state index in [1.54, 1.807) is 24.9 Å². The van der Waals surface area contributed by atoms with Gasteiger partial charge in [0.15, 0.2) is 11.5 Å². The number of amides is 4. The zero-order valence-corrected chi connectivity index (χ0v) is 46.3. The van der Waals surface area contributed by atoms with Crippen molar-refractivity contribution in [1.82, 2.24) is 5.06 Å². The van der Waals surface area contributed by atoms with E-state index in [1.165, 1.54) is 0 Å². The van der Waals surface area contributed by atoms with Crippen LogP contribution >= 0.6 is 11.8 Å². The molecule has 0 aromatic heterocycles. The minimum Gasteiger partial charge on any atom is -0.493 e. The Labute approximate surface area is 465 Å². The predicted octanol–water partition coefficient (Wildman–Crippen LogP) is 10.2. The Kier molecular flexibility index (Phi) is 16.9. The van der Waals surface area contributed by atoms with E-state index in [2.05, 4.69) is 62.1 Å². The molecule has 412 valence electrons. The summed E-state index contributed by atoms with van der Waals surface area (Å²) in [7, 11) is 1.57. The van der Waals surface area contributed by atoms with Crippen molar-refractivity contribution in [2.24, 2.45) is 4.99 Å². The molecule has 0 radical (unpaired) electrons. The van der Waals surface area contributed by atoms with Gasteiger partial charge in [-0.05, 0) is 128 Å². The van der Waals surface area contributed by atoms with Gasteiger partial charge in [0.25, 0.3) is 23.6 Å². The number of hydrogen-bond donors (Lipinski definition) is 0. The van der Waals surface area contributed by atoms with E-state index >= 15 is 0 Å². The molecule has 10 rings (SSSR count). The van der Waals surface area contributed by atoms with Gasteiger partial charge in [-0.3, -0.25) is 29.1 Å². The number of hydrogen-bond acceptors (Lipinski definition) is 14. The maximum atomic E-state index is 14.3. The van der Waals surface area contributed by atoms with Gasteiger partial charge in [-0.2, -0.15) is 11.8 Å². The number of nitrogens with zero attached hydrogens (tertiary/aromatic N) is 5. The lowest BCUT2D eigenvalue weighted by atomic mass is 10.0. The third-order valence-electron chi connectivity index (χ3n) is 14.6. The fraction of sp³-hybridized carbons (Fsp3) is 0.387. The maximum absolute atomic E-state index is 14.3. The van der Waals surface area contributed by atoms with Crippen molar-refractivity contribution in [3.8, 4) is 17.2 Å². The van der Waals surface area contributed by atoms with Gasteiger partial charge >= 0.3 is 5.97 Å². The van der Waals surface area contributed by atoms with Crippen LogP contribution in [-0.4, -0.2) is 110 Å². The first-order valence-corrected chi connectivity index (χ1v) is 28.2. The van der Waals surface area contributed by atoms with Crippen LogP contribution in [0.15, 0.2) is 102 Å². The van der Waals surface area contributed by atoms with Crippen molar-refractivity contribution in [2.75, 3.05) is 67.1 Å². The second kappa shape index (κ2) is 24.3. The van der Waals surface area contributed by atoms with Crippen molar-refractivity contribution in [1.29, 1.82) is 0 Å². The first-order chi connectivity index (χ1) is 38.3. The largest absolute Gasteiger partial charge is 0.493 e. The summed E-state index contributed by atoms with van der Waals surface area (Å²) < 4.78 is 30.8. The number of para-hydroxylation sites is 2. The topological polar surface area (TPSA) is 166 Å². The van der Waals surface area contributed by atoms with Gasteiger partial charge in [0.2, 0.25) is 0 Å². The van der Waals surface area contributed by atoms with Gasteiger partial charge in [0.05, 0.1) is 55.8 Å². The molecule has 5 heterocycles. The summed E-state index contributed by atoms with van der Waals surface area (Å²) in [6.07, 6.45) is 8.92. The second-order valence-corrected chi connectivity index (χ2v) is 22.8. The number of methoxy groups -OCH3 is 1. The molecule has 0 N–H and O–H groups in total. The van der Waals surface area contributed by atoms with Gasteiger partial charge in [-0.25, -0.2) is 4.79 Å². The summed E-state index contributed by atoms with van der Waals surface area (Å²) in [5, 5.41) is 0.590. The number of benzene rings is 5. The van der Waals surface area contributed by atoms with Crippen LogP contribution in [0.2, 0.25) is 0 Å². The third-order valence-corrected chi connectivity index (χ3v) is 16.0. The standard InChI is InChI=1S/C62H67N5O11S/c1-6-22-74-24-25-75-23-21-64(39-62(3,4)79-26-11-16-59(70)78-67-57(68)19-20-58(67)69)47-29-41(37-76-54-35-51-50(27-40(54)2)61(72)66-48(36-63-51)32-45-13-8-10-15-53(45)66)28-42(30-47)38-77-56-33-43-17-18-46-31-44-12-7-9-14-52(44)65(46)60(71)49(43)34-55(56)73-5/h7-10,12-15,17-18,27-30,33-36,46,48H,6,11,16,19-26,31-32,37-39H2,1-5H3/t46-,48+/m1/s1. The van der Waals surface area contributed by atoms with Gasteiger partial charge < -0.3 is 38.3 Å². The lowest BCUT2D eigenvalue weighted by Gasteiger charge is -2.34. The van der Waals surface area contributed by atoms with Crippen LogP contribution < -0.4 is 28.9 Å². The van der Waals surface area contributed by atoms with Crippen molar-refractivity contribution < 1.29 is 52.5 Å². The number of rotatable bonds is 24. The van der Waals surface area contributed by atoms with Crippen molar-refractivity contribution >= 4 is 76.4 Å². The van der Waals surface area contributed by atoms with Crippen LogP contribution in [-0.2, 0) is 54.8 Å². The Bertz CT molecular complexity index is 3200. The molecule has 5 aromatic carbocycles.